The highest BCUT2D eigenvalue weighted by Gasteiger charge is 2.28. The van der Waals surface area contributed by atoms with E-state index >= 15 is 0 Å². The molecule has 4 rings (SSSR count). The molecule has 1 saturated heterocycles. The molecule has 3 aromatic rings. The van der Waals surface area contributed by atoms with E-state index in [-0.39, 0.29) is 10.5 Å². The Balaban J connectivity index is 1.52. The van der Waals surface area contributed by atoms with Gasteiger partial charge in [0.05, 0.1) is 4.90 Å². The molecule has 1 N–H and O–H groups in total. The number of rotatable bonds is 7. The third-order valence-corrected chi connectivity index (χ3v) is 8.34. The SMILES string of the molecule is CCN(CC)c1ccc2cc(C(=O)Nc3ccc(S(=O)(=O)N4CCC[C@@H](C)C4)cc3)c(=O)oc2c1. The lowest BCUT2D eigenvalue weighted by atomic mass is 10.0. The predicted octanol–water partition coefficient (Wildman–Crippen LogP) is 4.31. The summed E-state index contributed by atoms with van der Waals surface area (Å²) in [4.78, 5) is 27.7. The summed E-state index contributed by atoms with van der Waals surface area (Å²) < 4.78 is 32.8. The van der Waals surface area contributed by atoms with Gasteiger partial charge in [-0.3, -0.25) is 4.79 Å². The standard InChI is InChI=1S/C26H31N3O5S/c1-4-28(5-2)21-11-8-19-15-23(26(31)34-24(19)16-21)25(30)27-20-9-12-22(13-10-20)35(32,33)29-14-6-7-18(3)17-29/h8-13,15-16,18H,4-7,14,17H2,1-3H3,(H,27,30)/t18-/m1/s1. The number of amides is 1. The number of piperidine rings is 1. The van der Waals surface area contributed by atoms with Gasteiger partial charge in [-0.2, -0.15) is 4.31 Å². The second kappa shape index (κ2) is 10.2. The number of carbonyl (C=O) groups excluding carboxylic acids is 1. The zero-order valence-corrected chi connectivity index (χ0v) is 21.1. The van der Waals surface area contributed by atoms with E-state index in [2.05, 4.69) is 10.2 Å². The molecule has 0 aliphatic carbocycles. The smallest absolute Gasteiger partial charge is 0.349 e. The highest BCUT2D eigenvalue weighted by atomic mass is 32.2. The molecule has 0 saturated carbocycles. The largest absolute Gasteiger partial charge is 0.422 e. The van der Waals surface area contributed by atoms with Crippen LogP contribution < -0.4 is 15.8 Å². The quantitative estimate of drug-likeness (QED) is 0.488. The van der Waals surface area contributed by atoms with E-state index < -0.39 is 21.6 Å². The molecular formula is C26H31N3O5S. The number of benzene rings is 2. The number of anilines is 2. The summed E-state index contributed by atoms with van der Waals surface area (Å²) in [6.07, 6.45) is 1.87. The summed E-state index contributed by atoms with van der Waals surface area (Å²) in [5.74, 6) is -0.288. The number of nitrogens with one attached hydrogen (secondary N) is 1. The van der Waals surface area contributed by atoms with Crippen LogP contribution in [-0.2, 0) is 10.0 Å². The van der Waals surface area contributed by atoms with Crippen LogP contribution >= 0.6 is 0 Å². The summed E-state index contributed by atoms with van der Waals surface area (Å²) >= 11 is 0. The van der Waals surface area contributed by atoms with E-state index in [9.17, 15) is 18.0 Å². The van der Waals surface area contributed by atoms with E-state index in [1.165, 1.54) is 34.6 Å². The van der Waals surface area contributed by atoms with Crippen molar-refractivity contribution in [1.29, 1.82) is 0 Å². The molecule has 2 heterocycles. The molecule has 0 unspecified atom stereocenters. The van der Waals surface area contributed by atoms with Crippen molar-refractivity contribution >= 4 is 38.3 Å². The van der Waals surface area contributed by atoms with Gasteiger partial charge >= 0.3 is 5.63 Å². The molecule has 8 nitrogen and oxygen atoms in total. The Labute approximate surface area is 205 Å². The maximum atomic E-state index is 12.9. The number of sulfonamides is 1. The van der Waals surface area contributed by atoms with E-state index in [1.54, 1.807) is 6.07 Å². The lowest BCUT2D eigenvalue weighted by Crippen LogP contribution is -2.39. The lowest BCUT2D eigenvalue weighted by Gasteiger charge is -2.30. The molecule has 0 spiro atoms. The van der Waals surface area contributed by atoms with Crippen molar-refractivity contribution in [3.8, 4) is 0 Å². The molecular weight excluding hydrogens is 466 g/mol. The Morgan fingerprint density at radius 2 is 1.83 bits per heavy atom. The molecule has 1 fully saturated rings. The van der Waals surface area contributed by atoms with Gasteiger partial charge < -0.3 is 14.6 Å². The van der Waals surface area contributed by atoms with Gasteiger partial charge in [0.25, 0.3) is 5.91 Å². The maximum Gasteiger partial charge on any atom is 0.349 e. The molecule has 0 radical (unpaired) electrons. The van der Waals surface area contributed by atoms with Crippen LogP contribution in [0.1, 0.15) is 44.0 Å². The lowest BCUT2D eigenvalue weighted by molar-refractivity contribution is 0.102. The topological polar surface area (TPSA) is 99.9 Å². The Kier molecular flexibility index (Phi) is 7.28. The second-order valence-electron chi connectivity index (χ2n) is 8.93. The Morgan fingerprint density at radius 1 is 1.11 bits per heavy atom. The number of fused-ring (bicyclic) bond motifs is 1. The molecule has 1 aromatic heterocycles. The molecule has 35 heavy (non-hydrogen) atoms. The fourth-order valence-electron chi connectivity index (χ4n) is 4.47. The van der Waals surface area contributed by atoms with Gasteiger partial charge in [-0.15, -0.1) is 0 Å². The highest BCUT2D eigenvalue weighted by molar-refractivity contribution is 7.89. The number of nitrogens with zero attached hydrogens (tertiary/aromatic N) is 2. The Hall–Kier alpha value is -3.17. The minimum Gasteiger partial charge on any atom is -0.422 e. The van der Waals surface area contributed by atoms with Crippen LogP contribution in [0.5, 0.6) is 0 Å². The molecule has 2 aromatic carbocycles. The first-order chi connectivity index (χ1) is 16.7. The van der Waals surface area contributed by atoms with Crippen molar-refractivity contribution < 1.29 is 17.6 Å². The first-order valence-corrected chi connectivity index (χ1v) is 13.4. The van der Waals surface area contributed by atoms with Crippen LogP contribution in [0.25, 0.3) is 11.0 Å². The summed E-state index contributed by atoms with van der Waals surface area (Å²) in [5.41, 5.74) is 0.893. The zero-order valence-electron chi connectivity index (χ0n) is 20.3. The van der Waals surface area contributed by atoms with Crippen LogP contribution in [0.15, 0.2) is 62.6 Å². The average molecular weight is 498 g/mol. The average Bonchev–Trinajstić information content (AvgIpc) is 2.84. The molecule has 1 aliphatic heterocycles. The molecule has 1 atom stereocenters. The summed E-state index contributed by atoms with van der Waals surface area (Å²) in [7, 11) is -3.58. The van der Waals surface area contributed by atoms with Gasteiger partial charge in [-0.25, -0.2) is 13.2 Å². The minimum atomic E-state index is -3.58. The molecule has 1 aliphatic rings. The predicted molar refractivity (Wildman–Crippen MR) is 138 cm³/mol. The van der Waals surface area contributed by atoms with Gasteiger partial charge in [0.15, 0.2) is 0 Å². The third kappa shape index (κ3) is 5.26. The number of hydrogen-bond donors (Lipinski definition) is 1. The fourth-order valence-corrected chi connectivity index (χ4v) is 6.06. The van der Waals surface area contributed by atoms with E-state index in [0.717, 1.165) is 31.6 Å². The van der Waals surface area contributed by atoms with E-state index in [1.807, 2.05) is 32.9 Å². The van der Waals surface area contributed by atoms with Crippen LogP contribution in [0.3, 0.4) is 0 Å². The summed E-state index contributed by atoms with van der Waals surface area (Å²) in [6.45, 7) is 8.82. The van der Waals surface area contributed by atoms with Crippen molar-refractivity contribution in [2.24, 2.45) is 5.92 Å². The Bertz CT molecular complexity index is 1380. The first-order valence-electron chi connectivity index (χ1n) is 12.0. The third-order valence-electron chi connectivity index (χ3n) is 6.46. The van der Waals surface area contributed by atoms with E-state index in [0.29, 0.717) is 35.7 Å². The van der Waals surface area contributed by atoms with Crippen LogP contribution in [0, 0.1) is 5.92 Å². The van der Waals surface area contributed by atoms with Crippen molar-refractivity contribution in [3.05, 3.63) is 64.5 Å². The Morgan fingerprint density at radius 3 is 2.49 bits per heavy atom. The van der Waals surface area contributed by atoms with Crippen LogP contribution in [0.2, 0.25) is 0 Å². The van der Waals surface area contributed by atoms with Gasteiger partial charge in [-0.1, -0.05) is 6.92 Å². The fraction of sp³-hybridized carbons (Fsp3) is 0.385. The normalized spacial score (nSPS) is 16.8. The van der Waals surface area contributed by atoms with Crippen molar-refractivity contribution in [2.45, 2.75) is 38.5 Å². The van der Waals surface area contributed by atoms with Gasteiger partial charge in [-0.05, 0) is 75.1 Å². The molecule has 9 heteroatoms. The van der Waals surface area contributed by atoms with Gasteiger partial charge in [0.2, 0.25) is 10.0 Å². The second-order valence-corrected chi connectivity index (χ2v) is 10.9. The van der Waals surface area contributed by atoms with Crippen molar-refractivity contribution in [2.75, 3.05) is 36.4 Å². The van der Waals surface area contributed by atoms with E-state index in [4.69, 9.17) is 4.42 Å². The molecule has 0 bridgehead atoms. The minimum absolute atomic E-state index is 0.118. The monoisotopic (exact) mass is 497 g/mol. The van der Waals surface area contributed by atoms with Crippen LogP contribution in [0.4, 0.5) is 11.4 Å². The number of hydrogen-bond acceptors (Lipinski definition) is 6. The van der Waals surface area contributed by atoms with Crippen LogP contribution in [-0.4, -0.2) is 44.8 Å². The highest BCUT2D eigenvalue weighted by Crippen LogP contribution is 2.25. The van der Waals surface area contributed by atoms with Gasteiger partial charge in [0, 0.05) is 49.0 Å². The molecule has 1 amide bonds. The van der Waals surface area contributed by atoms with Crippen molar-refractivity contribution in [3.63, 3.8) is 0 Å². The summed E-state index contributed by atoms with van der Waals surface area (Å²) in [5, 5.41) is 3.30. The van der Waals surface area contributed by atoms with Crippen molar-refractivity contribution in [1.82, 2.24) is 4.31 Å². The zero-order chi connectivity index (χ0) is 25.2. The molecule has 186 valence electrons. The maximum absolute atomic E-state index is 12.9. The number of carbonyl (C=O) groups is 1. The first kappa shape index (κ1) is 24.9. The summed E-state index contributed by atoms with van der Waals surface area (Å²) in [6, 6.07) is 13.1. The van der Waals surface area contributed by atoms with Gasteiger partial charge in [0.1, 0.15) is 11.1 Å².